The Morgan fingerprint density at radius 2 is 1.90 bits per heavy atom. The molecule has 2 amide bonds. The van der Waals surface area contributed by atoms with E-state index in [2.05, 4.69) is 10.5 Å². The molecular weight excluding hydrogens is 546 g/mol. The third kappa shape index (κ3) is 5.77. The van der Waals surface area contributed by atoms with E-state index in [4.69, 9.17) is 9.57 Å². The molecule has 9 nitrogen and oxygen atoms in total. The quantitative estimate of drug-likeness (QED) is 0.466. The van der Waals surface area contributed by atoms with Crippen LogP contribution in [0.5, 0.6) is 5.75 Å². The minimum Gasteiger partial charge on any atom is -0.483 e. The number of aromatic nitrogens is 1. The number of oxime groups is 1. The minimum atomic E-state index is -0.823. The summed E-state index contributed by atoms with van der Waals surface area (Å²) >= 11 is 0. The maximum absolute atomic E-state index is 14.2. The Labute approximate surface area is 241 Å². The molecule has 0 aliphatic carbocycles. The summed E-state index contributed by atoms with van der Waals surface area (Å²) < 4.78 is 35.3. The Morgan fingerprint density at radius 1 is 1.14 bits per heavy atom. The number of benzene rings is 2. The number of halogens is 2. The molecule has 0 saturated carbocycles. The molecule has 220 valence electrons. The van der Waals surface area contributed by atoms with E-state index in [-0.39, 0.29) is 53.6 Å². The molecule has 11 heteroatoms. The van der Waals surface area contributed by atoms with Crippen molar-refractivity contribution in [2.24, 2.45) is 11.1 Å². The van der Waals surface area contributed by atoms with Gasteiger partial charge in [-0.2, -0.15) is 0 Å². The van der Waals surface area contributed by atoms with Crippen LogP contribution in [-0.2, 0) is 18.0 Å². The predicted molar refractivity (Wildman–Crippen MR) is 151 cm³/mol. The molecule has 5 rings (SSSR count). The molecule has 0 spiro atoms. The molecule has 3 aromatic rings. The maximum atomic E-state index is 14.2. The van der Waals surface area contributed by atoms with Crippen molar-refractivity contribution in [1.29, 1.82) is 0 Å². The average molecular weight is 579 g/mol. The van der Waals surface area contributed by atoms with E-state index >= 15 is 0 Å². The van der Waals surface area contributed by atoms with Gasteiger partial charge in [-0.15, -0.1) is 0 Å². The summed E-state index contributed by atoms with van der Waals surface area (Å²) in [6.45, 7) is 6.05. The highest BCUT2D eigenvalue weighted by Gasteiger charge is 2.41. The number of amides is 2. The van der Waals surface area contributed by atoms with Gasteiger partial charge in [0.05, 0.1) is 11.8 Å². The van der Waals surface area contributed by atoms with Crippen LogP contribution in [0.2, 0.25) is 0 Å². The van der Waals surface area contributed by atoms with E-state index in [1.54, 1.807) is 9.47 Å². The van der Waals surface area contributed by atoms with Crippen LogP contribution < -0.4 is 15.5 Å². The number of hydrogen-bond acceptors (Lipinski definition) is 6. The molecule has 0 saturated heterocycles. The van der Waals surface area contributed by atoms with Crippen molar-refractivity contribution < 1.29 is 27.9 Å². The van der Waals surface area contributed by atoms with Crippen molar-refractivity contribution in [3.63, 3.8) is 0 Å². The second-order valence-electron chi connectivity index (χ2n) is 10.7. The highest BCUT2D eigenvalue weighted by Crippen LogP contribution is 2.34. The standard InChI is InChI=1S/C31H32F2N4O5/c1-18-11-12-42-35-20(3)19(2)26-16-36(18)31(40)27-29(41-17-21-7-5-4-6-8-21)28(38)24(15-37(26)27)30(39)34-14-22-9-10-23(32)13-25(22)33/h4-10,13,15,18-19,26H,11-12,14,16-17H2,1-3H3,(H,34,39)/b35-20-/t18-,19-,26+/m0/s1. The van der Waals surface area contributed by atoms with Gasteiger partial charge in [-0.1, -0.05) is 48.5 Å². The Balaban J connectivity index is 1.61. The third-order valence-corrected chi connectivity index (χ3v) is 7.93. The van der Waals surface area contributed by atoms with Gasteiger partial charge in [0.15, 0.2) is 11.4 Å². The van der Waals surface area contributed by atoms with Crippen LogP contribution in [0.3, 0.4) is 0 Å². The normalized spacial score (nSPS) is 21.5. The first-order valence-corrected chi connectivity index (χ1v) is 13.8. The maximum Gasteiger partial charge on any atom is 0.274 e. The average Bonchev–Trinajstić information content (AvgIpc) is 2.97. The van der Waals surface area contributed by atoms with Crippen molar-refractivity contribution in [2.75, 3.05) is 13.2 Å². The number of pyridine rings is 1. The fourth-order valence-corrected chi connectivity index (χ4v) is 5.22. The molecule has 2 aliphatic heterocycles. The Kier molecular flexibility index (Phi) is 8.37. The highest BCUT2D eigenvalue weighted by molar-refractivity contribution is 5.99. The van der Waals surface area contributed by atoms with Gasteiger partial charge >= 0.3 is 0 Å². The summed E-state index contributed by atoms with van der Waals surface area (Å²) in [6.07, 6.45) is 1.90. The Hall–Kier alpha value is -4.54. The van der Waals surface area contributed by atoms with Gasteiger partial charge < -0.3 is 24.4 Å². The lowest BCUT2D eigenvalue weighted by Gasteiger charge is -2.42. The number of carbonyl (C=O) groups is 2. The van der Waals surface area contributed by atoms with Crippen LogP contribution in [0.25, 0.3) is 0 Å². The lowest BCUT2D eigenvalue weighted by Crippen LogP contribution is -2.51. The second kappa shape index (κ2) is 12.1. The van der Waals surface area contributed by atoms with Crippen LogP contribution in [0.15, 0.2) is 64.7 Å². The SMILES string of the molecule is C/C1=N/OCC[C@H](C)N2C[C@H]([C@H]1C)n1cc(C(=O)NCc3ccc(F)cc3F)c(=O)c(OCc3ccccc3)c1C2=O. The van der Waals surface area contributed by atoms with Crippen LogP contribution in [0.1, 0.15) is 65.2 Å². The zero-order valence-corrected chi connectivity index (χ0v) is 23.6. The molecule has 42 heavy (non-hydrogen) atoms. The second-order valence-corrected chi connectivity index (χ2v) is 10.7. The van der Waals surface area contributed by atoms with Gasteiger partial charge in [0.1, 0.15) is 30.4 Å². The molecule has 0 radical (unpaired) electrons. The van der Waals surface area contributed by atoms with E-state index < -0.39 is 29.0 Å². The monoisotopic (exact) mass is 578 g/mol. The van der Waals surface area contributed by atoms with E-state index in [0.717, 1.165) is 17.7 Å². The number of ether oxygens (including phenoxy) is 1. The zero-order chi connectivity index (χ0) is 30.0. The van der Waals surface area contributed by atoms with Crippen LogP contribution in [0.4, 0.5) is 8.78 Å². The summed E-state index contributed by atoms with van der Waals surface area (Å²) in [5.41, 5.74) is 0.540. The van der Waals surface area contributed by atoms with Gasteiger partial charge in [-0.25, -0.2) is 8.78 Å². The van der Waals surface area contributed by atoms with Crippen molar-refractivity contribution in [3.8, 4) is 5.75 Å². The topological polar surface area (TPSA) is 102 Å². The van der Waals surface area contributed by atoms with E-state index in [9.17, 15) is 23.2 Å². The van der Waals surface area contributed by atoms with Crippen molar-refractivity contribution >= 4 is 17.5 Å². The van der Waals surface area contributed by atoms with Crippen LogP contribution in [-0.4, -0.2) is 46.2 Å². The largest absolute Gasteiger partial charge is 0.483 e. The lowest BCUT2D eigenvalue weighted by molar-refractivity contribution is 0.0462. The number of nitrogens with one attached hydrogen (secondary N) is 1. The Bertz CT molecular complexity index is 1590. The van der Waals surface area contributed by atoms with Crippen molar-refractivity contribution in [1.82, 2.24) is 14.8 Å². The smallest absolute Gasteiger partial charge is 0.274 e. The van der Waals surface area contributed by atoms with Crippen LogP contribution in [0, 0.1) is 17.6 Å². The molecule has 0 fully saturated rings. The number of carbonyl (C=O) groups excluding carboxylic acids is 2. The molecule has 2 bridgehead atoms. The van der Waals surface area contributed by atoms with E-state index in [1.807, 2.05) is 51.1 Å². The summed E-state index contributed by atoms with van der Waals surface area (Å²) in [6, 6.07) is 11.6. The first-order chi connectivity index (χ1) is 20.2. The number of nitrogens with zero attached hydrogens (tertiary/aromatic N) is 3. The molecule has 3 atom stereocenters. The first-order valence-electron chi connectivity index (χ1n) is 13.8. The molecule has 2 aliphatic rings. The predicted octanol–water partition coefficient (Wildman–Crippen LogP) is 4.45. The third-order valence-electron chi connectivity index (χ3n) is 7.93. The summed E-state index contributed by atoms with van der Waals surface area (Å²) in [5.74, 6) is -3.21. The summed E-state index contributed by atoms with van der Waals surface area (Å²) in [5, 5.41) is 6.81. The van der Waals surface area contributed by atoms with E-state index in [0.29, 0.717) is 25.3 Å². The van der Waals surface area contributed by atoms with Crippen molar-refractivity contribution in [2.45, 2.75) is 52.4 Å². The molecule has 1 N–H and O–H groups in total. The molecule has 2 aromatic carbocycles. The number of fused-ring (bicyclic) bond motifs is 4. The van der Waals surface area contributed by atoms with Crippen LogP contribution >= 0.6 is 0 Å². The first kappa shape index (κ1) is 29.0. The lowest BCUT2D eigenvalue weighted by atomic mass is 9.92. The van der Waals surface area contributed by atoms with Gasteiger partial charge in [0, 0.05) is 49.3 Å². The highest BCUT2D eigenvalue weighted by atomic mass is 19.1. The van der Waals surface area contributed by atoms with Crippen molar-refractivity contribution in [3.05, 3.63) is 99.0 Å². The van der Waals surface area contributed by atoms with Gasteiger partial charge in [-0.3, -0.25) is 14.4 Å². The Morgan fingerprint density at radius 3 is 2.64 bits per heavy atom. The summed E-state index contributed by atoms with van der Waals surface area (Å²) in [4.78, 5) is 48.4. The summed E-state index contributed by atoms with van der Waals surface area (Å²) in [7, 11) is 0. The molecule has 3 heterocycles. The van der Waals surface area contributed by atoms with Gasteiger partial charge in [0.2, 0.25) is 5.43 Å². The number of rotatable bonds is 6. The van der Waals surface area contributed by atoms with Gasteiger partial charge in [0.25, 0.3) is 11.8 Å². The zero-order valence-electron chi connectivity index (χ0n) is 23.6. The minimum absolute atomic E-state index is 0.00762. The molecule has 1 aromatic heterocycles. The number of hydrogen-bond donors (Lipinski definition) is 1. The fourth-order valence-electron chi connectivity index (χ4n) is 5.22. The fraction of sp³-hybridized carbons (Fsp3) is 0.355. The molecule has 0 unspecified atom stereocenters. The van der Waals surface area contributed by atoms with E-state index in [1.165, 1.54) is 12.3 Å². The van der Waals surface area contributed by atoms with Gasteiger partial charge in [-0.05, 0) is 25.5 Å². The molecular formula is C31H32F2N4O5.